The summed E-state index contributed by atoms with van der Waals surface area (Å²) in [5.74, 6) is 0.891. The fourth-order valence-electron chi connectivity index (χ4n) is 3.11. The number of hydrogen-bond acceptors (Lipinski definition) is 3. The second-order valence-corrected chi connectivity index (χ2v) is 7.62. The predicted molar refractivity (Wildman–Crippen MR) is 99.2 cm³/mol. The SMILES string of the molecule is CCNC(=O)C(C)(C)CN=C(NCC)NC1CCN(C2CC2)CC1. The highest BCUT2D eigenvalue weighted by Gasteiger charge is 2.32. The molecule has 0 aromatic heterocycles. The monoisotopic (exact) mass is 337 g/mol. The fourth-order valence-corrected chi connectivity index (χ4v) is 3.11. The Bertz CT molecular complexity index is 437. The van der Waals surface area contributed by atoms with E-state index >= 15 is 0 Å². The van der Waals surface area contributed by atoms with Crippen LogP contribution in [0.25, 0.3) is 0 Å². The third-order valence-corrected chi connectivity index (χ3v) is 4.86. The summed E-state index contributed by atoms with van der Waals surface area (Å²) in [5, 5.41) is 9.76. The van der Waals surface area contributed by atoms with E-state index in [9.17, 15) is 4.79 Å². The Morgan fingerprint density at radius 2 is 1.71 bits per heavy atom. The molecule has 0 radical (unpaired) electrons. The van der Waals surface area contributed by atoms with Gasteiger partial charge in [-0.15, -0.1) is 0 Å². The van der Waals surface area contributed by atoms with Crippen LogP contribution in [0.3, 0.4) is 0 Å². The van der Waals surface area contributed by atoms with Gasteiger partial charge in [-0.2, -0.15) is 0 Å². The van der Waals surface area contributed by atoms with Crippen LogP contribution in [0.5, 0.6) is 0 Å². The Hall–Kier alpha value is -1.30. The molecule has 1 saturated heterocycles. The van der Waals surface area contributed by atoms with Crippen molar-refractivity contribution in [2.24, 2.45) is 10.4 Å². The quantitative estimate of drug-likeness (QED) is 0.484. The average molecular weight is 338 g/mol. The van der Waals surface area contributed by atoms with Crippen molar-refractivity contribution in [2.75, 3.05) is 32.7 Å². The van der Waals surface area contributed by atoms with Crippen LogP contribution in [0.15, 0.2) is 4.99 Å². The summed E-state index contributed by atoms with van der Waals surface area (Å²) >= 11 is 0. The van der Waals surface area contributed by atoms with Crippen LogP contribution in [0.1, 0.15) is 53.4 Å². The van der Waals surface area contributed by atoms with Crippen molar-refractivity contribution in [3.63, 3.8) is 0 Å². The number of rotatable bonds is 7. The molecule has 1 aliphatic heterocycles. The second-order valence-electron chi connectivity index (χ2n) is 7.62. The molecule has 0 aromatic rings. The largest absolute Gasteiger partial charge is 0.357 e. The van der Waals surface area contributed by atoms with Crippen molar-refractivity contribution in [1.82, 2.24) is 20.9 Å². The highest BCUT2D eigenvalue weighted by atomic mass is 16.2. The maximum absolute atomic E-state index is 12.1. The lowest BCUT2D eigenvalue weighted by Crippen LogP contribution is -2.49. The minimum absolute atomic E-state index is 0.0577. The molecule has 2 fully saturated rings. The summed E-state index contributed by atoms with van der Waals surface area (Å²) in [6.07, 6.45) is 5.11. The van der Waals surface area contributed by atoms with Crippen molar-refractivity contribution in [3.8, 4) is 0 Å². The number of carbonyl (C=O) groups excluding carboxylic acids is 1. The van der Waals surface area contributed by atoms with Crippen molar-refractivity contribution in [1.29, 1.82) is 0 Å². The Kier molecular flexibility index (Phi) is 6.90. The maximum atomic E-state index is 12.1. The van der Waals surface area contributed by atoms with Crippen LogP contribution >= 0.6 is 0 Å². The molecule has 138 valence electrons. The van der Waals surface area contributed by atoms with E-state index in [1.165, 1.54) is 38.8 Å². The molecular weight excluding hydrogens is 302 g/mol. The van der Waals surface area contributed by atoms with Gasteiger partial charge in [-0.25, -0.2) is 0 Å². The lowest BCUT2D eigenvalue weighted by molar-refractivity contribution is -0.128. The number of nitrogens with one attached hydrogen (secondary N) is 3. The van der Waals surface area contributed by atoms with E-state index in [0.29, 0.717) is 19.1 Å². The van der Waals surface area contributed by atoms with Gasteiger partial charge in [0.2, 0.25) is 5.91 Å². The first-order valence-corrected chi connectivity index (χ1v) is 9.53. The molecule has 0 atom stereocenters. The van der Waals surface area contributed by atoms with Gasteiger partial charge in [-0.1, -0.05) is 0 Å². The zero-order chi connectivity index (χ0) is 17.6. The zero-order valence-electron chi connectivity index (χ0n) is 15.8. The van der Waals surface area contributed by atoms with E-state index in [2.05, 4.69) is 32.8 Å². The first-order valence-electron chi connectivity index (χ1n) is 9.53. The molecule has 3 N–H and O–H groups in total. The first kappa shape index (κ1) is 19.0. The molecule has 1 heterocycles. The van der Waals surface area contributed by atoms with Crippen molar-refractivity contribution < 1.29 is 4.79 Å². The van der Waals surface area contributed by atoms with E-state index in [4.69, 9.17) is 0 Å². The van der Waals surface area contributed by atoms with Crippen LogP contribution in [-0.2, 0) is 4.79 Å². The summed E-state index contributed by atoms with van der Waals surface area (Å²) in [6.45, 7) is 12.2. The van der Waals surface area contributed by atoms with Crippen LogP contribution in [0.2, 0.25) is 0 Å². The Labute approximate surface area is 146 Å². The highest BCUT2D eigenvalue weighted by molar-refractivity contribution is 5.83. The Morgan fingerprint density at radius 1 is 1.08 bits per heavy atom. The molecule has 0 spiro atoms. The van der Waals surface area contributed by atoms with Gasteiger partial charge in [0.05, 0.1) is 12.0 Å². The first-order chi connectivity index (χ1) is 11.5. The Morgan fingerprint density at radius 3 is 2.25 bits per heavy atom. The fraction of sp³-hybridized carbons (Fsp3) is 0.889. The number of carbonyl (C=O) groups is 1. The van der Waals surface area contributed by atoms with Gasteiger partial charge in [0.1, 0.15) is 0 Å². The smallest absolute Gasteiger partial charge is 0.227 e. The van der Waals surface area contributed by atoms with E-state index in [1.54, 1.807) is 0 Å². The van der Waals surface area contributed by atoms with Crippen molar-refractivity contribution >= 4 is 11.9 Å². The van der Waals surface area contributed by atoms with E-state index in [0.717, 1.165) is 18.5 Å². The van der Waals surface area contributed by atoms with Crippen LogP contribution in [-0.4, -0.2) is 61.6 Å². The van der Waals surface area contributed by atoms with E-state index < -0.39 is 5.41 Å². The summed E-state index contributed by atoms with van der Waals surface area (Å²) in [4.78, 5) is 19.4. The average Bonchev–Trinajstić information content (AvgIpc) is 3.39. The normalized spacial score (nSPS) is 20.8. The molecular formula is C18H35N5O. The van der Waals surface area contributed by atoms with Gasteiger partial charge < -0.3 is 20.9 Å². The van der Waals surface area contributed by atoms with Crippen molar-refractivity contribution in [2.45, 2.75) is 65.5 Å². The third-order valence-electron chi connectivity index (χ3n) is 4.86. The lowest BCUT2D eigenvalue weighted by Gasteiger charge is -2.33. The number of nitrogens with zero attached hydrogens (tertiary/aromatic N) is 2. The topological polar surface area (TPSA) is 68.8 Å². The minimum atomic E-state index is -0.492. The van der Waals surface area contributed by atoms with Gasteiger partial charge in [-0.05, 0) is 53.4 Å². The minimum Gasteiger partial charge on any atom is -0.357 e. The molecule has 0 unspecified atom stereocenters. The van der Waals surface area contributed by atoms with Gasteiger partial charge in [0.25, 0.3) is 0 Å². The summed E-state index contributed by atoms with van der Waals surface area (Å²) in [7, 11) is 0. The molecule has 0 aromatic carbocycles. The summed E-state index contributed by atoms with van der Waals surface area (Å²) in [5.41, 5.74) is -0.492. The molecule has 1 aliphatic carbocycles. The molecule has 6 heteroatoms. The van der Waals surface area contributed by atoms with Gasteiger partial charge in [0, 0.05) is 38.3 Å². The molecule has 2 aliphatic rings. The van der Waals surface area contributed by atoms with Crippen molar-refractivity contribution in [3.05, 3.63) is 0 Å². The second kappa shape index (κ2) is 8.70. The van der Waals surface area contributed by atoms with E-state index in [1.807, 2.05) is 20.8 Å². The van der Waals surface area contributed by atoms with Crippen LogP contribution in [0, 0.1) is 5.41 Å². The predicted octanol–water partition coefficient (Wildman–Crippen LogP) is 1.33. The molecule has 0 bridgehead atoms. The lowest BCUT2D eigenvalue weighted by atomic mass is 9.92. The third kappa shape index (κ3) is 5.65. The number of amides is 1. The zero-order valence-corrected chi connectivity index (χ0v) is 15.8. The van der Waals surface area contributed by atoms with Crippen LogP contribution < -0.4 is 16.0 Å². The van der Waals surface area contributed by atoms with Gasteiger partial charge in [-0.3, -0.25) is 9.79 Å². The maximum Gasteiger partial charge on any atom is 0.227 e. The number of hydrogen-bond donors (Lipinski definition) is 3. The number of guanidine groups is 1. The molecule has 6 nitrogen and oxygen atoms in total. The summed E-state index contributed by atoms with van der Waals surface area (Å²) in [6, 6.07) is 1.34. The number of likely N-dealkylation sites (tertiary alicyclic amines) is 1. The standard InChI is InChI=1S/C18H35N5O/c1-5-19-16(24)18(3,4)13-21-17(20-6-2)22-14-9-11-23(12-10-14)15-7-8-15/h14-15H,5-13H2,1-4H3,(H,19,24)(H2,20,21,22). The molecule has 1 amide bonds. The summed E-state index contributed by atoms with van der Waals surface area (Å²) < 4.78 is 0. The number of piperidine rings is 1. The van der Waals surface area contributed by atoms with Gasteiger partial charge in [0.15, 0.2) is 5.96 Å². The number of aliphatic imine (C=N–C) groups is 1. The molecule has 1 saturated carbocycles. The highest BCUT2D eigenvalue weighted by Crippen LogP contribution is 2.29. The van der Waals surface area contributed by atoms with Gasteiger partial charge >= 0.3 is 0 Å². The van der Waals surface area contributed by atoms with E-state index in [-0.39, 0.29) is 5.91 Å². The molecule has 2 rings (SSSR count). The van der Waals surface area contributed by atoms with Crippen LogP contribution in [0.4, 0.5) is 0 Å². The molecule has 24 heavy (non-hydrogen) atoms. The Balaban J connectivity index is 1.85.